The van der Waals surface area contributed by atoms with Gasteiger partial charge in [-0.05, 0) is 38.3 Å². The largest absolute Gasteiger partial charge is 0.550 e. The van der Waals surface area contributed by atoms with Crippen molar-refractivity contribution < 1.29 is 19.4 Å². The number of carboxylic acid groups (broad SMARTS) is 1. The molecule has 0 aliphatic heterocycles. The summed E-state index contributed by atoms with van der Waals surface area (Å²) in [6, 6.07) is 6.77. The monoisotopic (exact) mass is 292 g/mol. The summed E-state index contributed by atoms with van der Waals surface area (Å²) in [4.78, 5) is 22.7. The van der Waals surface area contributed by atoms with Crippen LogP contribution < -0.4 is 10.4 Å². The van der Waals surface area contributed by atoms with Gasteiger partial charge in [0.25, 0.3) is 0 Å². The Morgan fingerprint density at radius 2 is 1.81 bits per heavy atom. The average molecular weight is 292 g/mol. The smallest absolute Gasteiger partial charge is 0.408 e. The van der Waals surface area contributed by atoms with Crippen molar-refractivity contribution >= 4 is 12.1 Å². The SMILES string of the molecule is CCc1ccc([C@H](CC(=O)[O-])NC(=O)OC(C)(C)C)cc1. The number of carboxylic acids is 1. The van der Waals surface area contributed by atoms with Gasteiger partial charge in [0, 0.05) is 12.4 Å². The topological polar surface area (TPSA) is 78.5 Å². The van der Waals surface area contributed by atoms with Crippen LogP contribution in [0.2, 0.25) is 0 Å². The number of amides is 1. The molecule has 5 nitrogen and oxygen atoms in total. The predicted octanol–water partition coefficient (Wildman–Crippen LogP) is 1.95. The van der Waals surface area contributed by atoms with Crippen LogP contribution in [0.25, 0.3) is 0 Å². The van der Waals surface area contributed by atoms with E-state index in [-0.39, 0.29) is 6.42 Å². The molecule has 0 saturated carbocycles. The van der Waals surface area contributed by atoms with Gasteiger partial charge in [0.2, 0.25) is 0 Å². The number of benzene rings is 1. The summed E-state index contributed by atoms with van der Waals surface area (Å²) in [5.41, 5.74) is 1.22. The maximum atomic E-state index is 11.8. The van der Waals surface area contributed by atoms with E-state index in [1.807, 2.05) is 31.2 Å². The Bertz CT molecular complexity index is 488. The van der Waals surface area contributed by atoms with Gasteiger partial charge in [-0.2, -0.15) is 0 Å². The quantitative estimate of drug-likeness (QED) is 0.899. The molecular weight excluding hydrogens is 270 g/mol. The van der Waals surface area contributed by atoms with E-state index in [0.717, 1.165) is 12.0 Å². The number of rotatable bonds is 5. The zero-order valence-electron chi connectivity index (χ0n) is 12.9. The normalized spacial score (nSPS) is 12.6. The molecule has 0 fully saturated rings. The molecule has 1 aromatic carbocycles. The Labute approximate surface area is 125 Å². The first kappa shape index (κ1) is 17.0. The second-order valence-electron chi connectivity index (χ2n) is 5.87. The highest BCUT2D eigenvalue weighted by Crippen LogP contribution is 2.18. The molecular formula is C16H22NO4-. The van der Waals surface area contributed by atoms with Gasteiger partial charge in [0.1, 0.15) is 5.60 Å². The first-order valence-corrected chi connectivity index (χ1v) is 6.99. The highest BCUT2D eigenvalue weighted by atomic mass is 16.6. The molecule has 1 N–H and O–H groups in total. The highest BCUT2D eigenvalue weighted by molar-refractivity contribution is 5.71. The minimum absolute atomic E-state index is 0.301. The van der Waals surface area contributed by atoms with Crippen molar-refractivity contribution in [1.29, 1.82) is 0 Å². The molecule has 0 unspecified atom stereocenters. The lowest BCUT2D eigenvalue weighted by molar-refractivity contribution is -0.306. The summed E-state index contributed by atoms with van der Waals surface area (Å²) in [5.74, 6) is -1.23. The van der Waals surface area contributed by atoms with E-state index in [2.05, 4.69) is 5.32 Å². The zero-order valence-corrected chi connectivity index (χ0v) is 12.9. The number of aryl methyl sites for hydroxylation is 1. The molecule has 0 radical (unpaired) electrons. The van der Waals surface area contributed by atoms with Crippen molar-refractivity contribution in [3.05, 3.63) is 35.4 Å². The fraction of sp³-hybridized carbons (Fsp3) is 0.500. The minimum Gasteiger partial charge on any atom is -0.550 e. The van der Waals surface area contributed by atoms with Crippen molar-refractivity contribution in [2.75, 3.05) is 0 Å². The lowest BCUT2D eigenvalue weighted by Crippen LogP contribution is -2.37. The fourth-order valence-electron chi connectivity index (χ4n) is 1.85. The molecule has 0 aliphatic carbocycles. The number of hydrogen-bond acceptors (Lipinski definition) is 4. The van der Waals surface area contributed by atoms with E-state index in [0.29, 0.717) is 5.56 Å². The van der Waals surface area contributed by atoms with E-state index >= 15 is 0 Å². The van der Waals surface area contributed by atoms with E-state index in [4.69, 9.17) is 4.74 Å². The van der Waals surface area contributed by atoms with Gasteiger partial charge < -0.3 is 20.0 Å². The van der Waals surface area contributed by atoms with Gasteiger partial charge >= 0.3 is 6.09 Å². The minimum atomic E-state index is -1.23. The molecule has 5 heteroatoms. The van der Waals surface area contributed by atoms with Crippen molar-refractivity contribution in [3.8, 4) is 0 Å². The van der Waals surface area contributed by atoms with Crippen LogP contribution in [-0.2, 0) is 16.0 Å². The Balaban J connectivity index is 2.84. The van der Waals surface area contributed by atoms with Gasteiger partial charge in [-0.3, -0.25) is 0 Å². The maximum Gasteiger partial charge on any atom is 0.408 e. The number of alkyl carbamates (subject to hydrolysis) is 1. The van der Waals surface area contributed by atoms with Crippen molar-refractivity contribution in [1.82, 2.24) is 5.32 Å². The molecule has 1 atom stereocenters. The molecule has 0 spiro atoms. The zero-order chi connectivity index (χ0) is 16.0. The summed E-state index contributed by atoms with van der Waals surface area (Å²) in [6.45, 7) is 7.27. The highest BCUT2D eigenvalue weighted by Gasteiger charge is 2.20. The van der Waals surface area contributed by atoms with E-state index < -0.39 is 23.7 Å². The number of nitrogens with one attached hydrogen (secondary N) is 1. The van der Waals surface area contributed by atoms with Crippen LogP contribution in [0.3, 0.4) is 0 Å². The third-order valence-electron chi connectivity index (χ3n) is 2.85. The van der Waals surface area contributed by atoms with Crippen molar-refractivity contribution in [3.63, 3.8) is 0 Å². The molecule has 1 aromatic rings. The van der Waals surface area contributed by atoms with E-state index in [9.17, 15) is 14.7 Å². The Morgan fingerprint density at radius 1 is 1.24 bits per heavy atom. The van der Waals surface area contributed by atoms with Crippen LogP contribution in [0, 0.1) is 0 Å². The number of carbonyl (C=O) groups is 2. The van der Waals surface area contributed by atoms with Gasteiger partial charge in [0.05, 0.1) is 6.04 Å². The first-order valence-electron chi connectivity index (χ1n) is 6.99. The molecule has 0 aliphatic rings. The maximum absolute atomic E-state index is 11.8. The summed E-state index contributed by atoms with van der Waals surface area (Å²) in [5, 5.41) is 13.4. The second kappa shape index (κ2) is 7.11. The third kappa shape index (κ3) is 6.29. The Hall–Kier alpha value is -2.04. The molecule has 0 heterocycles. The second-order valence-corrected chi connectivity index (χ2v) is 5.87. The lowest BCUT2D eigenvalue weighted by atomic mass is 10.0. The number of ether oxygens (including phenoxy) is 1. The molecule has 1 rings (SSSR count). The van der Waals surface area contributed by atoms with Crippen LogP contribution in [0.15, 0.2) is 24.3 Å². The van der Waals surface area contributed by atoms with Crippen LogP contribution in [0.4, 0.5) is 4.79 Å². The molecule has 1 amide bonds. The molecule has 116 valence electrons. The summed E-state index contributed by atoms with van der Waals surface area (Å²) < 4.78 is 5.15. The molecule has 0 bridgehead atoms. The summed E-state index contributed by atoms with van der Waals surface area (Å²) in [7, 11) is 0. The summed E-state index contributed by atoms with van der Waals surface area (Å²) in [6.07, 6.45) is -0.0522. The van der Waals surface area contributed by atoms with Gasteiger partial charge in [0.15, 0.2) is 0 Å². The van der Waals surface area contributed by atoms with Crippen molar-refractivity contribution in [2.24, 2.45) is 0 Å². The lowest BCUT2D eigenvalue weighted by Gasteiger charge is -2.24. The average Bonchev–Trinajstić information content (AvgIpc) is 2.35. The van der Waals surface area contributed by atoms with Gasteiger partial charge in [-0.25, -0.2) is 4.79 Å². The predicted molar refractivity (Wildman–Crippen MR) is 77.6 cm³/mol. The van der Waals surface area contributed by atoms with Gasteiger partial charge in [-0.1, -0.05) is 31.2 Å². The third-order valence-corrected chi connectivity index (χ3v) is 2.85. The van der Waals surface area contributed by atoms with Crippen LogP contribution >= 0.6 is 0 Å². The van der Waals surface area contributed by atoms with Gasteiger partial charge in [-0.15, -0.1) is 0 Å². The molecule has 0 saturated heterocycles. The standard InChI is InChI=1S/C16H23NO4/c1-5-11-6-8-12(9-7-11)13(10-14(18)19)17-15(20)21-16(2,3)4/h6-9,13H,5,10H2,1-4H3,(H,17,20)(H,18,19)/p-1/t13-/m0/s1. The van der Waals surface area contributed by atoms with E-state index in [1.165, 1.54) is 0 Å². The summed E-state index contributed by atoms with van der Waals surface area (Å²) >= 11 is 0. The Morgan fingerprint density at radius 3 is 2.24 bits per heavy atom. The van der Waals surface area contributed by atoms with Crippen LogP contribution in [0.5, 0.6) is 0 Å². The number of carbonyl (C=O) groups excluding carboxylic acids is 2. The Kier molecular flexibility index (Phi) is 5.76. The van der Waals surface area contributed by atoms with Crippen LogP contribution in [-0.4, -0.2) is 17.7 Å². The van der Waals surface area contributed by atoms with Crippen molar-refractivity contribution in [2.45, 2.75) is 52.2 Å². The molecule has 21 heavy (non-hydrogen) atoms. The number of aliphatic carboxylic acids is 1. The first-order chi connectivity index (χ1) is 9.71. The van der Waals surface area contributed by atoms with Crippen LogP contribution in [0.1, 0.15) is 51.3 Å². The fourth-order valence-corrected chi connectivity index (χ4v) is 1.85. The number of hydrogen-bond donors (Lipinski definition) is 1. The molecule has 0 aromatic heterocycles. The van der Waals surface area contributed by atoms with E-state index in [1.54, 1.807) is 20.8 Å².